The van der Waals surface area contributed by atoms with Gasteiger partial charge < -0.3 is 19.4 Å². The van der Waals surface area contributed by atoms with Crippen molar-refractivity contribution in [2.24, 2.45) is 11.8 Å². The number of ether oxygens (including phenoxy) is 1. The van der Waals surface area contributed by atoms with Crippen molar-refractivity contribution in [1.29, 1.82) is 0 Å². The summed E-state index contributed by atoms with van der Waals surface area (Å²) in [7, 11) is -10.1. The third kappa shape index (κ3) is 13.9. The first-order chi connectivity index (χ1) is 13.1. The molecule has 0 fully saturated rings. The summed E-state index contributed by atoms with van der Waals surface area (Å²) >= 11 is 0. The zero-order valence-corrected chi connectivity index (χ0v) is 17.5. The fourth-order valence-corrected chi connectivity index (χ4v) is 3.48. The molecule has 0 saturated heterocycles. The SMILES string of the molecule is C/C(=C\COP(=O)(O)OP(=O)(O)O)CCC[C@H](C)COC(=O)C(NN)C(F)(F)F. The molecule has 0 aromatic rings. The number of allylic oxidation sites excluding steroid dienone is 1. The monoisotopic (exact) mass is 472 g/mol. The minimum atomic E-state index is -5.18. The molecule has 0 aromatic heterocycles. The number of carbonyl (C=O) groups is 1. The Morgan fingerprint density at radius 2 is 1.86 bits per heavy atom. The molecule has 0 aliphatic rings. The molecular formula is C13H25F3N2O9P2. The van der Waals surface area contributed by atoms with Gasteiger partial charge in [0.2, 0.25) is 6.04 Å². The molecule has 3 atom stereocenters. The van der Waals surface area contributed by atoms with Crippen molar-refractivity contribution < 1.29 is 55.3 Å². The van der Waals surface area contributed by atoms with Gasteiger partial charge in [-0.05, 0) is 32.1 Å². The number of rotatable bonds is 13. The predicted molar refractivity (Wildman–Crippen MR) is 93.8 cm³/mol. The van der Waals surface area contributed by atoms with E-state index in [1.54, 1.807) is 13.8 Å². The van der Waals surface area contributed by atoms with Gasteiger partial charge in [0.05, 0.1) is 13.2 Å². The second-order valence-corrected chi connectivity index (χ2v) is 8.99. The summed E-state index contributed by atoms with van der Waals surface area (Å²) in [6, 6.07) is -2.60. The molecule has 0 rings (SSSR count). The van der Waals surface area contributed by atoms with Gasteiger partial charge >= 0.3 is 27.8 Å². The van der Waals surface area contributed by atoms with Crippen LogP contribution in [0.4, 0.5) is 13.2 Å². The van der Waals surface area contributed by atoms with Crippen LogP contribution in [0.1, 0.15) is 33.1 Å². The van der Waals surface area contributed by atoms with Crippen molar-refractivity contribution in [3.63, 3.8) is 0 Å². The van der Waals surface area contributed by atoms with E-state index in [4.69, 9.17) is 20.5 Å². The van der Waals surface area contributed by atoms with E-state index < -0.39 is 40.4 Å². The van der Waals surface area contributed by atoms with Gasteiger partial charge in [-0.15, -0.1) is 0 Å². The average molecular weight is 472 g/mol. The second kappa shape index (κ2) is 12.1. The second-order valence-electron chi connectivity index (χ2n) is 6.16. The van der Waals surface area contributed by atoms with Gasteiger partial charge in [-0.2, -0.15) is 17.5 Å². The standard InChI is InChI=1S/C13H25F3N2O9P2/c1-9(6-7-26-29(23,24)27-28(20,21)22)4-3-5-10(2)8-25-12(19)11(18-17)13(14,15)16/h6,10-11,18H,3-5,7-8,17H2,1-2H3,(H,23,24)(H2,20,21,22)/b9-6+/t10-,11?/m0/s1. The molecule has 6 N–H and O–H groups in total. The molecular weight excluding hydrogens is 447 g/mol. The van der Waals surface area contributed by atoms with Crippen LogP contribution in [0.25, 0.3) is 0 Å². The van der Waals surface area contributed by atoms with Gasteiger partial charge in [0.1, 0.15) is 0 Å². The Morgan fingerprint density at radius 3 is 2.34 bits per heavy atom. The summed E-state index contributed by atoms with van der Waals surface area (Å²) in [6.45, 7) is 2.68. The molecule has 0 heterocycles. The lowest BCUT2D eigenvalue weighted by Gasteiger charge is -2.19. The largest absolute Gasteiger partial charge is 0.481 e. The van der Waals surface area contributed by atoms with Gasteiger partial charge in [0, 0.05) is 0 Å². The molecule has 0 radical (unpaired) electrons. The highest BCUT2D eigenvalue weighted by Crippen LogP contribution is 2.57. The molecule has 0 aliphatic carbocycles. The molecule has 0 bridgehead atoms. The summed E-state index contributed by atoms with van der Waals surface area (Å²) in [5.41, 5.74) is 2.07. The quantitative estimate of drug-likeness (QED) is 0.0869. The summed E-state index contributed by atoms with van der Waals surface area (Å²) < 4.78 is 71.9. The number of hydrazine groups is 1. The molecule has 0 aliphatic heterocycles. The highest BCUT2D eigenvalue weighted by atomic mass is 31.3. The average Bonchev–Trinajstić information content (AvgIpc) is 2.49. The summed E-state index contributed by atoms with van der Waals surface area (Å²) in [4.78, 5) is 37.4. The minimum Gasteiger partial charge on any atom is -0.464 e. The molecule has 16 heteroatoms. The third-order valence-corrected chi connectivity index (χ3v) is 5.54. The van der Waals surface area contributed by atoms with Gasteiger partial charge in [0.15, 0.2) is 0 Å². The topological polar surface area (TPSA) is 178 Å². The number of esters is 1. The van der Waals surface area contributed by atoms with Crippen LogP contribution in [0.15, 0.2) is 11.6 Å². The fraction of sp³-hybridized carbons (Fsp3) is 0.769. The Bertz CT molecular complexity index is 654. The maximum atomic E-state index is 12.5. The van der Waals surface area contributed by atoms with Crippen molar-refractivity contribution in [3.8, 4) is 0 Å². The highest BCUT2D eigenvalue weighted by molar-refractivity contribution is 7.60. The maximum Gasteiger partial charge on any atom is 0.481 e. The van der Waals surface area contributed by atoms with Gasteiger partial charge in [-0.1, -0.05) is 18.6 Å². The lowest BCUT2D eigenvalue weighted by molar-refractivity contribution is -0.185. The summed E-state index contributed by atoms with van der Waals surface area (Å²) in [5.74, 6) is 2.95. The maximum absolute atomic E-state index is 12.5. The van der Waals surface area contributed by atoms with Gasteiger partial charge in [-0.25, -0.2) is 19.4 Å². The highest BCUT2D eigenvalue weighted by Gasteiger charge is 2.45. The van der Waals surface area contributed by atoms with Crippen LogP contribution in [-0.4, -0.2) is 46.1 Å². The Morgan fingerprint density at radius 1 is 1.28 bits per heavy atom. The molecule has 29 heavy (non-hydrogen) atoms. The molecule has 2 unspecified atom stereocenters. The van der Waals surface area contributed by atoms with E-state index in [0.29, 0.717) is 19.3 Å². The van der Waals surface area contributed by atoms with Crippen LogP contribution in [0.2, 0.25) is 0 Å². The van der Waals surface area contributed by atoms with E-state index in [0.717, 1.165) is 5.57 Å². The minimum absolute atomic E-state index is 0.230. The van der Waals surface area contributed by atoms with Crippen molar-refractivity contribution in [2.45, 2.75) is 45.3 Å². The Kier molecular flexibility index (Phi) is 11.8. The smallest absolute Gasteiger partial charge is 0.464 e. The predicted octanol–water partition coefficient (Wildman–Crippen LogP) is 1.90. The van der Waals surface area contributed by atoms with E-state index >= 15 is 0 Å². The van der Waals surface area contributed by atoms with Crippen molar-refractivity contribution in [2.75, 3.05) is 13.2 Å². The number of nitrogens with one attached hydrogen (secondary N) is 1. The van der Waals surface area contributed by atoms with E-state index in [9.17, 15) is 27.1 Å². The zero-order chi connectivity index (χ0) is 22.9. The number of hydrogen-bond donors (Lipinski definition) is 5. The van der Waals surface area contributed by atoms with E-state index in [1.807, 2.05) is 0 Å². The number of carbonyl (C=O) groups excluding carboxylic acids is 1. The number of halogens is 3. The van der Waals surface area contributed by atoms with Gasteiger partial charge in [-0.3, -0.25) is 10.4 Å². The fourth-order valence-electron chi connectivity index (χ4n) is 1.95. The van der Waals surface area contributed by atoms with E-state index in [-0.39, 0.29) is 12.5 Å². The molecule has 11 nitrogen and oxygen atoms in total. The van der Waals surface area contributed by atoms with E-state index in [2.05, 4.69) is 13.6 Å². The Labute approximate surface area is 165 Å². The normalized spacial score (nSPS) is 17.5. The number of hydrogen-bond acceptors (Lipinski definition) is 8. The Hall–Kier alpha value is -0.820. The number of nitrogens with two attached hydrogens (primary N) is 1. The van der Waals surface area contributed by atoms with Gasteiger partial charge in [0.25, 0.3) is 0 Å². The third-order valence-electron chi connectivity index (χ3n) is 3.39. The Balaban J connectivity index is 4.22. The van der Waals surface area contributed by atoms with E-state index in [1.165, 1.54) is 11.5 Å². The van der Waals surface area contributed by atoms with Crippen LogP contribution in [0, 0.1) is 5.92 Å². The first kappa shape index (κ1) is 28.2. The van der Waals surface area contributed by atoms with Crippen molar-refractivity contribution >= 4 is 21.6 Å². The molecule has 172 valence electrons. The number of phosphoric ester groups is 1. The summed E-state index contributed by atoms with van der Waals surface area (Å²) in [6.07, 6.45) is -1.90. The van der Waals surface area contributed by atoms with Crippen LogP contribution >= 0.6 is 15.6 Å². The summed E-state index contributed by atoms with van der Waals surface area (Å²) in [5, 5.41) is 0. The van der Waals surface area contributed by atoms with Crippen LogP contribution < -0.4 is 11.3 Å². The van der Waals surface area contributed by atoms with Crippen LogP contribution in [-0.2, 0) is 27.5 Å². The molecule has 0 saturated carbocycles. The molecule has 0 aromatic carbocycles. The van der Waals surface area contributed by atoms with Crippen LogP contribution in [0.5, 0.6) is 0 Å². The number of alkyl halides is 3. The lowest BCUT2D eigenvalue weighted by atomic mass is 10.0. The first-order valence-corrected chi connectivity index (χ1v) is 11.2. The molecule has 0 amide bonds. The van der Waals surface area contributed by atoms with Crippen LogP contribution in [0.3, 0.4) is 0 Å². The lowest BCUT2D eigenvalue weighted by Crippen LogP contribution is -2.52. The van der Waals surface area contributed by atoms with Crippen molar-refractivity contribution in [3.05, 3.63) is 11.6 Å². The first-order valence-electron chi connectivity index (χ1n) is 8.16. The molecule has 0 spiro atoms. The number of phosphoric acid groups is 2. The zero-order valence-electron chi connectivity index (χ0n) is 15.7. The van der Waals surface area contributed by atoms with Crippen molar-refractivity contribution in [1.82, 2.24) is 5.43 Å².